The second-order valence-corrected chi connectivity index (χ2v) is 40.9. The van der Waals surface area contributed by atoms with Crippen LogP contribution < -0.4 is 0 Å². The number of ether oxygens (including phenoxy) is 6. The first-order valence-corrected chi connectivity index (χ1v) is 49.2. The molecule has 2 bridgehead atoms. The molecule has 0 radical (unpaired) electrons. The first kappa shape index (κ1) is 166. The Bertz CT molecular complexity index is 2580. The smallest absolute Gasteiger partial charge is 0.312 e. The molecule has 0 aromatic rings. The van der Waals surface area contributed by atoms with E-state index in [4.69, 9.17) is 28.4 Å². The molecule has 129 heavy (non-hydrogen) atoms. The Balaban J connectivity index is -0.0000000747. The van der Waals surface area contributed by atoms with Gasteiger partial charge in [0.15, 0.2) is 0 Å². The fourth-order valence-corrected chi connectivity index (χ4v) is 17.0. The molecular formula is C117H256O12. The SMILES string of the molecule is C.C.C.C.C.C.C.C.C.C.C.C.C.CC.CC.CC.CC.CC.CC.CCC(C)(C)C(=O)OC(C)(C)C1CCCC1.CCC(C)(C)C(=O)OC(C)(C)C1CCCCC1.CCC(C)(C)C(=O)OC(C)(C1CCCCC1)C1CCCCC1.CCC(C)(C)C(=O)OC1(C)CC2CCC1(C)C2(C)C.CCC(C)(C)C(=O)OC1(C)CCCC1.CCC(C)(C)C(=O)OC1(C)CCCCCC1. The Kier molecular flexibility index (Phi) is 98.6. The van der Waals surface area contributed by atoms with E-state index >= 15 is 0 Å². The molecule has 0 aromatic carbocycles. The predicted octanol–water partition coefficient (Wildman–Crippen LogP) is 40.5. The van der Waals surface area contributed by atoms with Gasteiger partial charge in [0.05, 0.1) is 32.5 Å². The van der Waals surface area contributed by atoms with E-state index in [9.17, 15) is 28.8 Å². The molecule has 0 N–H and O–H groups in total. The van der Waals surface area contributed by atoms with Gasteiger partial charge in [-0.25, -0.2) is 0 Å². The van der Waals surface area contributed by atoms with Crippen LogP contribution in [0.3, 0.4) is 0 Å². The highest BCUT2D eigenvalue weighted by atomic mass is 16.6. The number of fused-ring (bicyclic) bond motifs is 2. The third-order valence-electron chi connectivity index (χ3n) is 29.5. The van der Waals surface area contributed by atoms with Gasteiger partial charge in [0.25, 0.3) is 0 Å². The lowest BCUT2D eigenvalue weighted by Gasteiger charge is -2.47. The third kappa shape index (κ3) is 51.7. The summed E-state index contributed by atoms with van der Waals surface area (Å²) in [5.74, 6) is 2.75. The molecule has 0 heterocycles. The van der Waals surface area contributed by atoms with E-state index in [0.717, 1.165) is 70.6 Å². The van der Waals surface area contributed by atoms with Gasteiger partial charge < -0.3 is 28.4 Å². The predicted molar refractivity (Wildman–Crippen MR) is 585 cm³/mol. The minimum absolute atomic E-state index is 0. The van der Waals surface area contributed by atoms with E-state index in [1.165, 1.54) is 173 Å². The van der Waals surface area contributed by atoms with Gasteiger partial charge in [-0.1, -0.05) is 325 Å². The van der Waals surface area contributed by atoms with E-state index in [1.807, 2.05) is 194 Å². The molecule has 0 spiro atoms. The lowest BCUT2D eigenvalue weighted by molar-refractivity contribution is -0.187. The first-order chi connectivity index (χ1) is 53.8. The van der Waals surface area contributed by atoms with Crippen LogP contribution in [0, 0.1) is 72.9 Å². The lowest BCUT2D eigenvalue weighted by atomic mass is 9.65. The van der Waals surface area contributed by atoms with Crippen LogP contribution in [-0.4, -0.2) is 69.4 Å². The van der Waals surface area contributed by atoms with Gasteiger partial charge in [0, 0.05) is 5.41 Å². The van der Waals surface area contributed by atoms with Crippen LogP contribution in [0.1, 0.15) is 624 Å². The maximum absolute atomic E-state index is 12.8. The Morgan fingerprint density at radius 2 is 0.442 bits per heavy atom. The highest BCUT2D eigenvalue weighted by Gasteiger charge is 2.69. The summed E-state index contributed by atoms with van der Waals surface area (Å²) in [7, 11) is 0. The minimum Gasteiger partial charge on any atom is -0.459 e. The molecule has 8 aliphatic carbocycles. The topological polar surface area (TPSA) is 158 Å². The molecule has 3 atom stereocenters. The van der Waals surface area contributed by atoms with Crippen molar-refractivity contribution < 1.29 is 57.2 Å². The summed E-state index contributed by atoms with van der Waals surface area (Å²) in [5, 5.41) is 0. The summed E-state index contributed by atoms with van der Waals surface area (Å²) in [4.78, 5) is 73.3. The van der Waals surface area contributed by atoms with Gasteiger partial charge in [-0.2, -0.15) is 0 Å². The highest BCUT2D eigenvalue weighted by Crippen LogP contribution is 2.71. The number of rotatable bonds is 22. The maximum Gasteiger partial charge on any atom is 0.312 e. The van der Waals surface area contributed by atoms with Crippen molar-refractivity contribution in [2.24, 2.45) is 72.9 Å². The van der Waals surface area contributed by atoms with Gasteiger partial charge in [0.1, 0.15) is 33.6 Å². The van der Waals surface area contributed by atoms with Gasteiger partial charge >= 0.3 is 35.8 Å². The van der Waals surface area contributed by atoms with Gasteiger partial charge in [-0.15, -0.1) is 0 Å². The van der Waals surface area contributed by atoms with Crippen molar-refractivity contribution in [2.75, 3.05) is 0 Å². The van der Waals surface area contributed by atoms with Gasteiger partial charge in [-0.05, 0) is 334 Å². The molecule has 8 saturated carbocycles. The van der Waals surface area contributed by atoms with Crippen molar-refractivity contribution in [1.82, 2.24) is 0 Å². The molecular weight excluding hydrogens is 1600 g/mol. The number of carbonyl (C=O) groups excluding carboxylic acids is 6. The average Bonchev–Trinajstić information content (AvgIpc) is 1.53. The van der Waals surface area contributed by atoms with Crippen molar-refractivity contribution in [3.8, 4) is 0 Å². The van der Waals surface area contributed by atoms with Crippen LogP contribution in [0.4, 0.5) is 0 Å². The minimum atomic E-state index is -0.370. The normalized spacial score (nSPS) is 19.8. The van der Waals surface area contributed by atoms with E-state index in [1.54, 1.807) is 0 Å². The summed E-state index contributed by atoms with van der Waals surface area (Å²) in [6.07, 6.45) is 44.1. The number of hydrogen-bond donors (Lipinski definition) is 0. The summed E-state index contributed by atoms with van der Waals surface area (Å²) in [6, 6.07) is 0. The molecule has 3 unspecified atom stereocenters. The zero-order chi connectivity index (χ0) is 91.5. The monoisotopic (exact) mass is 1850 g/mol. The van der Waals surface area contributed by atoms with Crippen molar-refractivity contribution >= 4 is 35.8 Å². The van der Waals surface area contributed by atoms with E-state index in [0.29, 0.717) is 29.6 Å². The fraction of sp³-hybridized carbons (Fsp3) is 0.949. The van der Waals surface area contributed by atoms with Crippen LogP contribution >= 0.6 is 0 Å². The van der Waals surface area contributed by atoms with Crippen LogP contribution in [0.2, 0.25) is 0 Å². The van der Waals surface area contributed by atoms with Gasteiger partial charge in [0.2, 0.25) is 0 Å². The molecule has 8 rings (SSSR count). The third-order valence-corrected chi connectivity index (χ3v) is 29.5. The van der Waals surface area contributed by atoms with Crippen molar-refractivity contribution in [3.63, 3.8) is 0 Å². The second kappa shape index (κ2) is 76.8. The summed E-state index contributed by atoms with van der Waals surface area (Å²) in [5.41, 5.74) is -3.21. The Morgan fingerprint density at radius 1 is 0.248 bits per heavy atom. The number of carbonyl (C=O) groups is 6. The Hall–Kier alpha value is -3.18. The van der Waals surface area contributed by atoms with Crippen LogP contribution in [0.15, 0.2) is 0 Å². The van der Waals surface area contributed by atoms with E-state index in [2.05, 4.69) is 90.0 Å². The Labute approximate surface area is 819 Å². The molecule has 0 aromatic heterocycles. The maximum atomic E-state index is 12.8. The zero-order valence-corrected chi connectivity index (χ0v) is 85.7. The van der Waals surface area contributed by atoms with Crippen molar-refractivity contribution in [3.05, 3.63) is 0 Å². The first-order valence-electron chi connectivity index (χ1n) is 49.2. The van der Waals surface area contributed by atoms with Crippen LogP contribution in [-0.2, 0) is 57.2 Å². The van der Waals surface area contributed by atoms with Crippen LogP contribution in [0.25, 0.3) is 0 Å². The second-order valence-electron chi connectivity index (χ2n) is 40.9. The number of esters is 6. The number of hydrogen-bond acceptors (Lipinski definition) is 12. The fourth-order valence-electron chi connectivity index (χ4n) is 17.0. The summed E-state index contributed by atoms with van der Waals surface area (Å²) in [6.45, 7) is 83.9. The molecule has 0 amide bonds. The molecule has 0 saturated heterocycles. The molecule has 796 valence electrons. The standard InChI is InChI=1S/C20H36O2.C17H30O2.C15H28O2.2C14H26O2.C12H22O2.6C2H6.13CH4/c1-5-19(2,3)18(21)22-20(4,16-12-8-6-9-13-16)17-14-10-7-11-15-17;1-8-14(2,3)13(18)19-17(7)11-12-9-10-16(17,6)15(12,4)5;1-6-14(2,3)13(16)17-15(4,5)12-10-8-7-9-11-12;1-6-13(2,3)12(15)16-14(4,5)11-9-7-8-10-11;1-5-13(2,3)12(15)16-14(4)10-8-6-7-9-11-14;1-5-11(2,3)10(13)14-12(4)8-6-7-9-12;6*1-2;;;;;;;;;;;;;/h16-17H,5-15H2,1-4H3;12H,8-11H2,1-7H3;12H,6-11H2,1-5H3;11H,6-10H2,1-5H3;5-11H2,1-4H3;5-9H2,1-4H3;6*1-2H3;13*1H4. The van der Waals surface area contributed by atoms with Crippen molar-refractivity contribution in [1.29, 1.82) is 0 Å². The molecule has 12 nitrogen and oxygen atoms in total. The van der Waals surface area contributed by atoms with Gasteiger partial charge in [-0.3, -0.25) is 28.8 Å². The lowest BCUT2D eigenvalue weighted by Crippen LogP contribution is -2.49. The molecule has 0 aliphatic heterocycles. The largest absolute Gasteiger partial charge is 0.459 e. The molecule has 8 aliphatic rings. The highest BCUT2D eigenvalue weighted by molar-refractivity contribution is 5.79. The quantitative estimate of drug-likeness (QED) is 0.0575. The van der Waals surface area contributed by atoms with E-state index < -0.39 is 0 Å². The van der Waals surface area contributed by atoms with E-state index in [-0.39, 0.29) is 209 Å². The van der Waals surface area contributed by atoms with Crippen molar-refractivity contribution in [2.45, 2.75) is 658 Å². The molecule has 8 fully saturated rings. The summed E-state index contributed by atoms with van der Waals surface area (Å²) >= 11 is 0. The Morgan fingerprint density at radius 3 is 0.659 bits per heavy atom. The van der Waals surface area contributed by atoms with Crippen LogP contribution in [0.5, 0.6) is 0 Å². The average molecular weight is 1860 g/mol. The molecule has 12 heteroatoms. The zero-order valence-electron chi connectivity index (χ0n) is 85.7. The summed E-state index contributed by atoms with van der Waals surface area (Å²) < 4.78 is 35.3.